The van der Waals surface area contributed by atoms with Gasteiger partial charge < -0.3 is 23.6 Å². The van der Waals surface area contributed by atoms with E-state index in [1.54, 1.807) is 26.2 Å². The summed E-state index contributed by atoms with van der Waals surface area (Å²) in [7, 11) is 4.88. The normalized spacial score (nSPS) is 15.8. The first kappa shape index (κ1) is 21.7. The summed E-state index contributed by atoms with van der Waals surface area (Å²) in [6.07, 6.45) is 1.80. The molecule has 8 nitrogen and oxygen atoms in total. The van der Waals surface area contributed by atoms with Crippen LogP contribution in [0.1, 0.15) is 35.2 Å². The Morgan fingerprint density at radius 3 is 2.47 bits per heavy atom. The third-order valence-electron chi connectivity index (χ3n) is 5.70. The van der Waals surface area contributed by atoms with E-state index in [0.29, 0.717) is 37.6 Å². The second kappa shape index (κ2) is 9.72. The smallest absolute Gasteiger partial charge is 0.226 e. The van der Waals surface area contributed by atoms with Gasteiger partial charge in [-0.3, -0.25) is 4.79 Å². The second-order valence-corrected chi connectivity index (χ2v) is 7.75. The fourth-order valence-corrected chi connectivity index (χ4v) is 3.89. The number of amides is 1. The molecule has 1 aliphatic rings. The summed E-state index contributed by atoms with van der Waals surface area (Å²) in [4.78, 5) is 19.0. The van der Waals surface area contributed by atoms with Gasteiger partial charge in [-0.1, -0.05) is 17.3 Å². The molecule has 1 fully saturated rings. The summed E-state index contributed by atoms with van der Waals surface area (Å²) in [5, 5.41) is 4.15. The van der Waals surface area contributed by atoms with Crippen LogP contribution in [0.4, 0.5) is 0 Å². The lowest BCUT2D eigenvalue weighted by molar-refractivity contribution is -0.128. The lowest BCUT2D eigenvalue weighted by Gasteiger charge is -2.18. The second-order valence-electron chi connectivity index (χ2n) is 7.75. The molecule has 1 unspecified atom stereocenters. The monoisotopic (exact) mass is 437 g/mol. The van der Waals surface area contributed by atoms with Gasteiger partial charge in [-0.05, 0) is 42.3 Å². The van der Waals surface area contributed by atoms with Crippen molar-refractivity contribution < 1.29 is 23.5 Å². The maximum absolute atomic E-state index is 12.6. The van der Waals surface area contributed by atoms with E-state index in [1.165, 1.54) is 5.56 Å². The van der Waals surface area contributed by atoms with Gasteiger partial charge in [0, 0.05) is 37.4 Å². The standard InChI is InChI=1S/C24H27N3O5/c1-29-19-7-4-16(5-8-19)6-11-22-25-24(26-32-22)18-13-23(28)27(15-18)14-17-12-20(30-2)9-10-21(17)31-3/h4-5,7-10,12,18H,6,11,13-15H2,1-3H3. The topological polar surface area (TPSA) is 86.9 Å². The highest BCUT2D eigenvalue weighted by Gasteiger charge is 2.34. The van der Waals surface area contributed by atoms with Gasteiger partial charge in [-0.25, -0.2) is 0 Å². The lowest BCUT2D eigenvalue weighted by atomic mass is 10.1. The van der Waals surface area contributed by atoms with Crippen molar-refractivity contribution in [1.29, 1.82) is 0 Å². The third kappa shape index (κ3) is 4.85. The molecule has 0 saturated carbocycles. The number of carbonyl (C=O) groups is 1. The van der Waals surface area contributed by atoms with E-state index < -0.39 is 0 Å². The molecular weight excluding hydrogens is 410 g/mol. The van der Waals surface area contributed by atoms with Gasteiger partial charge >= 0.3 is 0 Å². The largest absolute Gasteiger partial charge is 0.497 e. The predicted molar refractivity (Wildman–Crippen MR) is 117 cm³/mol. The third-order valence-corrected chi connectivity index (χ3v) is 5.70. The zero-order valence-corrected chi connectivity index (χ0v) is 18.5. The maximum Gasteiger partial charge on any atom is 0.226 e. The summed E-state index contributed by atoms with van der Waals surface area (Å²) in [5.74, 6) is 3.42. The minimum absolute atomic E-state index is 0.0597. The number of carbonyl (C=O) groups excluding carboxylic acids is 1. The Morgan fingerprint density at radius 2 is 1.75 bits per heavy atom. The summed E-state index contributed by atoms with van der Waals surface area (Å²) < 4.78 is 21.4. The van der Waals surface area contributed by atoms with Crippen LogP contribution in [0.3, 0.4) is 0 Å². The van der Waals surface area contributed by atoms with Crippen molar-refractivity contribution >= 4 is 5.91 Å². The lowest BCUT2D eigenvalue weighted by Crippen LogP contribution is -2.24. The van der Waals surface area contributed by atoms with Crippen LogP contribution in [0, 0.1) is 0 Å². The van der Waals surface area contributed by atoms with Crippen LogP contribution in [0.25, 0.3) is 0 Å². The average Bonchev–Trinajstić information content (AvgIpc) is 3.44. The predicted octanol–water partition coefficient (Wildman–Crippen LogP) is 3.40. The van der Waals surface area contributed by atoms with Crippen molar-refractivity contribution in [3.63, 3.8) is 0 Å². The van der Waals surface area contributed by atoms with Crippen LogP contribution in [-0.2, 0) is 24.2 Å². The van der Waals surface area contributed by atoms with Crippen molar-refractivity contribution in [3.05, 3.63) is 65.3 Å². The molecule has 32 heavy (non-hydrogen) atoms. The molecule has 1 aromatic heterocycles. The molecule has 2 aromatic carbocycles. The zero-order valence-electron chi connectivity index (χ0n) is 18.5. The molecule has 8 heteroatoms. The van der Waals surface area contributed by atoms with E-state index in [9.17, 15) is 4.79 Å². The van der Waals surface area contributed by atoms with Crippen molar-refractivity contribution in [1.82, 2.24) is 15.0 Å². The Labute approximate surface area is 187 Å². The summed E-state index contributed by atoms with van der Waals surface area (Å²) in [5.41, 5.74) is 2.06. The van der Waals surface area contributed by atoms with Gasteiger partial charge in [0.25, 0.3) is 0 Å². The molecule has 0 bridgehead atoms. The molecule has 3 aromatic rings. The Hall–Kier alpha value is -3.55. The zero-order chi connectivity index (χ0) is 22.5. The number of hydrogen-bond donors (Lipinski definition) is 0. The molecule has 1 aliphatic heterocycles. The van der Waals surface area contributed by atoms with E-state index >= 15 is 0 Å². The van der Waals surface area contributed by atoms with Crippen molar-refractivity contribution in [2.24, 2.45) is 0 Å². The van der Waals surface area contributed by atoms with Crippen LogP contribution in [0.5, 0.6) is 17.2 Å². The number of hydrogen-bond acceptors (Lipinski definition) is 7. The van der Waals surface area contributed by atoms with E-state index in [4.69, 9.17) is 18.7 Å². The minimum atomic E-state index is -0.0856. The first-order chi connectivity index (χ1) is 15.6. The fraction of sp³-hybridized carbons (Fsp3) is 0.375. The van der Waals surface area contributed by atoms with E-state index in [2.05, 4.69) is 10.1 Å². The van der Waals surface area contributed by atoms with Crippen LogP contribution >= 0.6 is 0 Å². The van der Waals surface area contributed by atoms with Crippen LogP contribution < -0.4 is 14.2 Å². The number of benzene rings is 2. The highest BCUT2D eigenvalue weighted by Crippen LogP contribution is 2.31. The Balaban J connectivity index is 1.37. The molecule has 4 rings (SSSR count). The molecule has 0 radical (unpaired) electrons. The number of ether oxygens (including phenoxy) is 3. The Bertz CT molecular complexity index is 1060. The molecule has 1 saturated heterocycles. The van der Waals surface area contributed by atoms with Crippen molar-refractivity contribution in [3.8, 4) is 17.2 Å². The van der Waals surface area contributed by atoms with Gasteiger partial charge in [0.15, 0.2) is 5.82 Å². The van der Waals surface area contributed by atoms with Gasteiger partial charge in [-0.15, -0.1) is 0 Å². The maximum atomic E-state index is 12.6. The molecule has 1 amide bonds. The van der Waals surface area contributed by atoms with Gasteiger partial charge in [0.1, 0.15) is 17.2 Å². The Morgan fingerprint density at radius 1 is 1.00 bits per heavy atom. The van der Waals surface area contributed by atoms with Crippen LogP contribution in [0.15, 0.2) is 47.0 Å². The first-order valence-electron chi connectivity index (χ1n) is 10.5. The number of methoxy groups -OCH3 is 3. The number of likely N-dealkylation sites (tertiary alicyclic amines) is 1. The van der Waals surface area contributed by atoms with Gasteiger partial charge in [-0.2, -0.15) is 4.98 Å². The molecular formula is C24H27N3O5. The van der Waals surface area contributed by atoms with Crippen LogP contribution in [-0.4, -0.2) is 48.8 Å². The molecule has 1 atom stereocenters. The van der Waals surface area contributed by atoms with Crippen molar-refractivity contribution in [2.45, 2.75) is 31.7 Å². The molecule has 0 aliphatic carbocycles. The minimum Gasteiger partial charge on any atom is -0.497 e. The number of aryl methyl sites for hydroxylation is 2. The van der Waals surface area contributed by atoms with E-state index in [-0.39, 0.29) is 11.8 Å². The average molecular weight is 437 g/mol. The number of rotatable bonds is 9. The van der Waals surface area contributed by atoms with Gasteiger partial charge in [0.2, 0.25) is 11.8 Å². The van der Waals surface area contributed by atoms with E-state index in [1.807, 2.05) is 42.5 Å². The van der Waals surface area contributed by atoms with E-state index in [0.717, 1.165) is 29.2 Å². The molecule has 2 heterocycles. The fourth-order valence-electron chi connectivity index (χ4n) is 3.89. The van der Waals surface area contributed by atoms with Gasteiger partial charge in [0.05, 0.1) is 21.3 Å². The quantitative estimate of drug-likeness (QED) is 0.507. The molecule has 0 spiro atoms. The summed E-state index contributed by atoms with van der Waals surface area (Å²) >= 11 is 0. The summed E-state index contributed by atoms with van der Waals surface area (Å²) in [6.45, 7) is 0.981. The highest BCUT2D eigenvalue weighted by atomic mass is 16.5. The summed E-state index contributed by atoms with van der Waals surface area (Å²) in [6, 6.07) is 13.5. The first-order valence-corrected chi connectivity index (χ1v) is 10.5. The SMILES string of the molecule is COc1ccc(CCc2nc(C3CC(=O)N(Cc4cc(OC)ccc4OC)C3)no2)cc1. The van der Waals surface area contributed by atoms with Crippen LogP contribution in [0.2, 0.25) is 0 Å². The molecule has 0 N–H and O–H groups in total. The Kier molecular flexibility index (Phi) is 6.58. The number of aromatic nitrogens is 2. The van der Waals surface area contributed by atoms with Crippen molar-refractivity contribution in [2.75, 3.05) is 27.9 Å². The molecule has 168 valence electrons. The number of nitrogens with zero attached hydrogens (tertiary/aromatic N) is 3. The highest BCUT2D eigenvalue weighted by molar-refractivity contribution is 5.79.